The SMILES string of the molecule is Cc1nc2cc(F)c(F)cc2c2c1O[C@]1(CC2)C[C@H]2C(=O)NC(C(=O)NS(=O)(=O)C3(C)CC3)[C@@H](C)/C=C\CCCCC[C@H](NC(=O)OCC(C)(C)C)C(=O)N2C1. The lowest BCUT2D eigenvalue weighted by Crippen LogP contribution is -2.58. The molecule has 4 amide bonds. The lowest BCUT2D eigenvalue weighted by molar-refractivity contribution is -0.141. The van der Waals surface area contributed by atoms with Crippen molar-refractivity contribution in [2.24, 2.45) is 11.3 Å². The minimum Gasteiger partial charge on any atom is -0.483 e. The number of pyridine rings is 1. The maximum absolute atomic E-state index is 14.7. The lowest BCUT2D eigenvalue weighted by Gasteiger charge is -2.36. The van der Waals surface area contributed by atoms with E-state index in [0.29, 0.717) is 54.5 Å². The molecule has 0 radical (unpaired) electrons. The summed E-state index contributed by atoms with van der Waals surface area (Å²) in [4.78, 5) is 61.9. The normalized spacial score (nSPS) is 27.5. The predicted molar refractivity (Wildman–Crippen MR) is 204 cm³/mol. The van der Waals surface area contributed by atoms with Gasteiger partial charge >= 0.3 is 6.09 Å². The highest BCUT2D eigenvalue weighted by molar-refractivity contribution is 7.91. The Kier molecular flexibility index (Phi) is 11.5. The third-order valence-corrected chi connectivity index (χ3v) is 13.5. The molecule has 1 aromatic heterocycles. The standard InChI is InChI=1S/C40H53F2N5O8S/c1-23-12-10-8-7-9-11-13-29(44-37(51)54-22-38(3,4)5)36(50)47-21-40(15-14-25-26-18-27(41)28(42)19-30(26)43-24(2)33(25)55-40)20-31(47)34(48)45-32(23)35(49)46-56(52,53)39(6)16-17-39/h10,12,18-19,23,29,31-32H,7-9,11,13-17,20-22H2,1-6H3,(H,44,51)(H,45,48)(H,46,49)/b12-10-/t23-,29-,31-,32?,40+/m0/s1. The molecule has 306 valence electrons. The number of aryl methyl sites for hydroxylation is 2. The number of carbonyl (C=O) groups is 4. The fourth-order valence-corrected chi connectivity index (χ4v) is 8.98. The van der Waals surface area contributed by atoms with E-state index < -0.39 is 79.9 Å². The van der Waals surface area contributed by atoms with Crippen molar-refractivity contribution in [3.8, 4) is 5.75 Å². The Morgan fingerprint density at radius 2 is 1.82 bits per heavy atom. The molecule has 16 heteroatoms. The van der Waals surface area contributed by atoms with E-state index in [2.05, 4.69) is 20.3 Å². The van der Waals surface area contributed by atoms with Crippen LogP contribution in [0.2, 0.25) is 0 Å². The number of carbonyl (C=O) groups excluding carboxylic acids is 4. The Morgan fingerprint density at radius 3 is 2.52 bits per heavy atom. The van der Waals surface area contributed by atoms with E-state index in [4.69, 9.17) is 9.47 Å². The number of allylic oxidation sites excluding steroid dienone is 1. The summed E-state index contributed by atoms with van der Waals surface area (Å²) in [7, 11) is -4.04. The van der Waals surface area contributed by atoms with E-state index in [1.54, 1.807) is 26.8 Å². The largest absolute Gasteiger partial charge is 0.483 e. The van der Waals surface area contributed by atoms with Crippen LogP contribution in [0.4, 0.5) is 13.6 Å². The fraction of sp³-hybridized carbons (Fsp3) is 0.625. The molecule has 1 aliphatic carbocycles. The Balaban J connectivity index is 1.35. The summed E-state index contributed by atoms with van der Waals surface area (Å²) in [5.74, 6) is -4.45. The zero-order chi connectivity index (χ0) is 40.8. The van der Waals surface area contributed by atoms with Crippen LogP contribution >= 0.6 is 0 Å². The number of aromatic nitrogens is 1. The molecule has 2 aromatic rings. The highest BCUT2D eigenvalue weighted by Gasteiger charge is 2.54. The lowest BCUT2D eigenvalue weighted by atomic mass is 9.87. The average molecular weight is 802 g/mol. The minimum atomic E-state index is -4.04. The van der Waals surface area contributed by atoms with E-state index >= 15 is 0 Å². The summed E-state index contributed by atoms with van der Waals surface area (Å²) in [5.41, 5.74) is -0.155. The van der Waals surface area contributed by atoms with Gasteiger partial charge in [0.05, 0.1) is 29.1 Å². The van der Waals surface area contributed by atoms with E-state index in [9.17, 15) is 36.4 Å². The molecular weight excluding hydrogens is 749 g/mol. The number of ether oxygens (including phenoxy) is 2. The quantitative estimate of drug-likeness (QED) is 0.341. The Bertz CT molecular complexity index is 2050. The number of benzene rings is 1. The molecule has 13 nitrogen and oxygen atoms in total. The topological polar surface area (TPSA) is 173 Å². The van der Waals surface area contributed by atoms with Crippen LogP contribution in [-0.2, 0) is 35.6 Å². The molecule has 4 heterocycles. The van der Waals surface area contributed by atoms with Crippen molar-refractivity contribution in [1.82, 2.24) is 25.2 Å². The molecule has 4 aliphatic rings. The predicted octanol–water partition coefficient (Wildman–Crippen LogP) is 5.27. The van der Waals surface area contributed by atoms with Gasteiger partial charge in [0, 0.05) is 29.4 Å². The number of rotatable bonds is 5. The van der Waals surface area contributed by atoms with Crippen LogP contribution in [0.5, 0.6) is 5.75 Å². The molecule has 1 spiro atoms. The number of fused-ring (bicyclic) bond motifs is 4. The summed E-state index contributed by atoms with van der Waals surface area (Å²) in [6.07, 6.45) is 7.27. The number of amides is 4. The van der Waals surface area contributed by atoms with Gasteiger partial charge in [0.25, 0.3) is 5.91 Å². The number of halogens is 2. The molecule has 1 saturated carbocycles. The third-order valence-electron chi connectivity index (χ3n) is 11.4. The highest BCUT2D eigenvalue weighted by Crippen LogP contribution is 2.45. The maximum Gasteiger partial charge on any atom is 0.407 e. The molecule has 0 bridgehead atoms. The van der Waals surface area contributed by atoms with E-state index in [-0.39, 0.29) is 43.3 Å². The average Bonchev–Trinajstić information content (AvgIpc) is 3.79. The van der Waals surface area contributed by atoms with Crippen molar-refractivity contribution in [2.45, 2.75) is 134 Å². The molecule has 1 aromatic carbocycles. The number of alkyl carbamates (subject to hydrolysis) is 1. The van der Waals surface area contributed by atoms with Gasteiger partial charge in [-0.3, -0.25) is 19.1 Å². The number of nitrogens with one attached hydrogen (secondary N) is 3. The van der Waals surface area contributed by atoms with Crippen molar-refractivity contribution >= 4 is 44.7 Å². The summed E-state index contributed by atoms with van der Waals surface area (Å²) in [6.45, 7) is 10.7. The van der Waals surface area contributed by atoms with Crippen molar-refractivity contribution in [3.63, 3.8) is 0 Å². The maximum atomic E-state index is 14.7. The van der Waals surface area contributed by atoms with Crippen LogP contribution in [-0.4, -0.2) is 83.7 Å². The van der Waals surface area contributed by atoms with Gasteiger partial charge in [-0.2, -0.15) is 0 Å². The van der Waals surface area contributed by atoms with Crippen molar-refractivity contribution in [3.05, 3.63) is 47.2 Å². The summed E-state index contributed by atoms with van der Waals surface area (Å²) >= 11 is 0. The molecule has 1 unspecified atom stereocenters. The van der Waals surface area contributed by atoms with Gasteiger partial charge in [-0.1, -0.05) is 52.7 Å². The first-order chi connectivity index (χ1) is 26.2. The molecule has 3 aliphatic heterocycles. The van der Waals surface area contributed by atoms with Crippen LogP contribution in [0.3, 0.4) is 0 Å². The fourth-order valence-electron chi connectivity index (χ4n) is 7.70. The van der Waals surface area contributed by atoms with Crippen LogP contribution in [0, 0.1) is 29.9 Å². The first-order valence-electron chi connectivity index (χ1n) is 19.5. The summed E-state index contributed by atoms with van der Waals surface area (Å²) < 4.78 is 68.2. The molecule has 6 rings (SSSR count). The molecular formula is C40H53F2N5O8S. The second kappa shape index (κ2) is 15.5. The first-order valence-corrected chi connectivity index (χ1v) is 20.9. The van der Waals surface area contributed by atoms with Crippen LogP contribution in [0.15, 0.2) is 24.3 Å². The number of sulfonamides is 1. The van der Waals surface area contributed by atoms with Gasteiger partial charge in [0.15, 0.2) is 11.6 Å². The Morgan fingerprint density at radius 1 is 1.11 bits per heavy atom. The monoisotopic (exact) mass is 801 g/mol. The minimum absolute atomic E-state index is 0.0185. The van der Waals surface area contributed by atoms with Crippen molar-refractivity contribution in [1.29, 1.82) is 0 Å². The van der Waals surface area contributed by atoms with Crippen LogP contribution in [0.25, 0.3) is 10.9 Å². The number of hydrogen-bond acceptors (Lipinski definition) is 9. The first kappa shape index (κ1) is 41.3. The Labute approximate surface area is 326 Å². The molecule has 2 fully saturated rings. The summed E-state index contributed by atoms with van der Waals surface area (Å²) in [5, 5.41) is 5.92. The highest BCUT2D eigenvalue weighted by atomic mass is 32.2. The van der Waals surface area contributed by atoms with Gasteiger partial charge < -0.3 is 25.0 Å². The second-order valence-electron chi connectivity index (χ2n) is 17.4. The van der Waals surface area contributed by atoms with Crippen LogP contribution < -0.4 is 20.1 Å². The molecule has 56 heavy (non-hydrogen) atoms. The van der Waals surface area contributed by atoms with E-state index in [1.165, 1.54) is 4.90 Å². The Hall–Kier alpha value is -4.34. The number of nitrogens with zero attached hydrogens (tertiary/aromatic N) is 2. The van der Waals surface area contributed by atoms with Gasteiger partial charge in [0.2, 0.25) is 21.8 Å². The van der Waals surface area contributed by atoms with Gasteiger partial charge in [-0.05, 0) is 70.3 Å². The second-order valence-corrected chi connectivity index (χ2v) is 19.6. The van der Waals surface area contributed by atoms with E-state index in [0.717, 1.165) is 25.0 Å². The van der Waals surface area contributed by atoms with Gasteiger partial charge in [-0.15, -0.1) is 0 Å². The summed E-state index contributed by atoms with van der Waals surface area (Å²) in [6, 6.07) is -1.44. The zero-order valence-electron chi connectivity index (χ0n) is 32.9. The molecule has 5 atom stereocenters. The number of hydrogen-bond donors (Lipinski definition) is 3. The van der Waals surface area contributed by atoms with Crippen molar-refractivity contribution < 1.29 is 45.9 Å². The van der Waals surface area contributed by atoms with Gasteiger partial charge in [-0.25, -0.2) is 27.0 Å². The molecule has 1 saturated heterocycles. The van der Waals surface area contributed by atoms with Gasteiger partial charge in [0.1, 0.15) is 29.5 Å². The zero-order valence-corrected chi connectivity index (χ0v) is 33.7. The third kappa shape index (κ3) is 8.79. The molecule has 3 N–H and O–H groups in total. The smallest absolute Gasteiger partial charge is 0.407 e. The van der Waals surface area contributed by atoms with E-state index in [1.807, 2.05) is 26.8 Å². The van der Waals surface area contributed by atoms with Crippen molar-refractivity contribution in [2.75, 3.05) is 13.2 Å². The van der Waals surface area contributed by atoms with Crippen LogP contribution in [0.1, 0.15) is 104 Å².